The lowest BCUT2D eigenvalue weighted by Crippen LogP contribution is -2.52. The van der Waals surface area contributed by atoms with Crippen LogP contribution in [0.25, 0.3) is 0 Å². The Kier molecular flexibility index (Phi) is 3.31. The minimum absolute atomic E-state index is 0.0948. The number of ketones is 1. The fourth-order valence-electron chi connectivity index (χ4n) is 7.44. The van der Waals surface area contributed by atoms with Crippen molar-refractivity contribution in [2.24, 2.45) is 22.7 Å². The quantitative estimate of drug-likeness (QED) is 0.819. The summed E-state index contributed by atoms with van der Waals surface area (Å²) < 4.78 is 5.43. The fourth-order valence-corrected chi connectivity index (χ4v) is 7.44. The Morgan fingerprint density at radius 3 is 2.73 bits per heavy atom. The maximum Gasteiger partial charge on any atom is 0.145 e. The lowest BCUT2D eigenvalue weighted by atomic mass is 9.46. The molecule has 0 saturated heterocycles. The Bertz CT molecular complexity index is 782. The van der Waals surface area contributed by atoms with E-state index in [4.69, 9.17) is 4.74 Å². The number of hydrogen-bond donors (Lipinski definition) is 1. The van der Waals surface area contributed by atoms with E-state index in [1.54, 1.807) is 7.11 Å². The maximum atomic E-state index is 13.4. The van der Waals surface area contributed by atoms with Crippen molar-refractivity contribution in [3.05, 3.63) is 29.3 Å². The third-order valence-electron chi connectivity index (χ3n) is 8.98. The summed E-state index contributed by atoms with van der Waals surface area (Å²) in [5.74, 6) is 2.29. The first-order chi connectivity index (χ1) is 12.3. The number of hydrogen-bond acceptors (Lipinski definition) is 3. The van der Waals surface area contributed by atoms with Gasteiger partial charge in [-0.25, -0.2) is 0 Å². The molecule has 6 atom stereocenters. The summed E-state index contributed by atoms with van der Waals surface area (Å²) in [5, 5.41) is 10.9. The molecule has 2 bridgehead atoms. The third kappa shape index (κ3) is 1.86. The highest BCUT2D eigenvalue weighted by molar-refractivity contribution is 5.92. The van der Waals surface area contributed by atoms with Crippen LogP contribution in [0.1, 0.15) is 69.4 Å². The summed E-state index contributed by atoms with van der Waals surface area (Å²) in [5.41, 5.74) is 1.99. The van der Waals surface area contributed by atoms with Gasteiger partial charge in [0, 0.05) is 11.3 Å². The normalized spacial score (nSPS) is 46.3. The second-order valence-electron chi connectivity index (χ2n) is 9.82. The van der Waals surface area contributed by atoms with Crippen LogP contribution in [0.4, 0.5) is 0 Å². The molecule has 0 aliphatic heterocycles. The van der Waals surface area contributed by atoms with E-state index < -0.39 is 5.60 Å². The molecule has 1 aromatic carbocycles. The van der Waals surface area contributed by atoms with Crippen LogP contribution in [-0.2, 0) is 11.2 Å². The van der Waals surface area contributed by atoms with Crippen molar-refractivity contribution < 1.29 is 14.6 Å². The van der Waals surface area contributed by atoms with Crippen molar-refractivity contribution in [1.82, 2.24) is 0 Å². The maximum absolute atomic E-state index is 13.4. The Labute approximate surface area is 156 Å². The molecule has 0 unspecified atom stereocenters. The van der Waals surface area contributed by atoms with Crippen LogP contribution in [-0.4, -0.2) is 23.6 Å². The molecule has 4 aliphatic carbocycles. The average Bonchev–Trinajstić information content (AvgIpc) is 2.85. The summed E-state index contributed by atoms with van der Waals surface area (Å²) in [4.78, 5) is 13.4. The number of aliphatic hydroxyl groups is 1. The molecular formula is C23H30O3. The molecule has 0 radical (unpaired) electrons. The van der Waals surface area contributed by atoms with Crippen molar-refractivity contribution >= 4 is 5.78 Å². The van der Waals surface area contributed by atoms with Gasteiger partial charge in [-0.3, -0.25) is 4.79 Å². The van der Waals surface area contributed by atoms with E-state index >= 15 is 0 Å². The van der Waals surface area contributed by atoms with Gasteiger partial charge in [0.1, 0.15) is 11.5 Å². The molecule has 0 heterocycles. The van der Waals surface area contributed by atoms with Crippen LogP contribution in [0.5, 0.6) is 5.75 Å². The van der Waals surface area contributed by atoms with Crippen LogP contribution < -0.4 is 4.74 Å². The SMILES string of the molecule is COc1ccc2c(c1)CC[C@@H]1[C@@H]2CC[C@]2(C)C(=O)[C@@H]3C[C@]12CC[C@@]3(C)O. The van der Waals surface area contributed by atoms with Gasteiger partial charge in [0.15, 0.2) is 0 Å². The highest BCUT2D eigenvalue weighted by atomic mass is 16.5. The highest BCUT2D eigenvalue weighted by Gasteiger charge is 2.71. The molecule has 0 amide bonds. The van der Waals surface area contributed by atoms with Crippen LogP contribution in [0, 0.1) is 22.7 Å². The van der Waals surface area contributed by atoms with Gasteiger partial charge in [0.2, 0.25) is 0 Å². The summed E-state index contributed by atoms with van der Waals surface area (Å²) in [6.07, 6.45) is 7.02. The standard InChI is InChI=1S/C23H30O3/c1-21-9-8-17-16-6-5-15(26-3)12-14(16)4-7-18(17)23(21)11-10-22(2,25)19(13-23)20(21)24/h5-6,12,17-19,25H,4,7-11,13H2,1-3H3/t17-,18-,19+,21-,22-,23-/m1/s1. The Morgan fingerprint density at radius 1 is 1.15 bits per heavy atom. The van der Waals surface area contributed by atoms with Crippen LogP contribution in [0.15, 0.2) is 18.2 Å². The fraction of sp³-hybridized carbons (Fsp3) is 0.696. The number of aryl methyl sites for hydroxylation is 1. The van der Waals surface area contributed by atoms with Crippen molar-refractivity contribution in [2.75, 3.05) is 7.11 Å². The largest absolute Gasteiger partial charge is 0.497 e. The van der Waals surface area contributed by atoms with E-state index in [1.165, 1.54) is 17.5 Å². The van der Waals surface area contributed by atoms with Gasteiger partial charge in [0.25, 0.3) is 0 Å². The van der Waals surface area contributed by atoms with Gasteiger partial charge in [-0.05, 0) is 92.4 Å². The van der Waals surface area contributed by atoms with Gasteiger partial charge in [-0.1, -0.05) is 13.0 Å². The van der Waals surface area contributed by atoms with Gasteiger partial charge in [0.05, 0.1) is 12.7 Å². The molecule has 3 saturated carbocycles. The van der Waals surface area contributed by atoms with Crippen molar-refractivity contribution in [3.8, 4) is 5.75 Å². The van der Waals surface area contributed by atoms with Gasteiger partial charge in [-0.2, -0.15) is 0 Å². The van der Waals surface area contributed by atoms with E-state index in [9.17, 15) is 9.90 Å². The number of rotatable bonds is 1. The molecule has 1 N–H and O–H groups in total. The Morgan fingerprint density at radius 2 is 1.96 bits per heavy atom. The molecule has 1 aromatic rings. The van der Waals surface area contributed by atoms with Crippen LogP contribution >= 0.6 is 0 Å². The molecule has 3 nitrogen and oxygen atoms in total. The van der Waals surface area contributed by atoms with Crippen LogP contribution in [0.3, 0.4) is 0 Å². The number of benzene rings is 1. The summed E-state index contributed by atoms with van der Waals surface area (Å²) >= 11 is 0. The molecule has 5 rings (SSSR count). The first-order valence-electron chi connectivity index (χ1n) is 10.3. The van der Waals surface area contributed by atoms with Crippen molar-refractivity contribution in [3.63, 3.8) is 0 Å². The summed E-state index contributed by atoms with van der Waals surface area (Å²) in [6.45, 7) is 4.12. The molecule has 3 fully saturated rings. The number of methoxy groups -OCH3 is 1. The molecule has 1 spiro atoms. The first kappa shape index (κ1) is 16.8. The molecule has 26 heavy (non-hydrogen) atoms. The third-order valence-corrected chi connectivity index (χ3v) is 8.98. The van der Waals surface area contributed by atoms with Gasteiger partial charge >= 0.3 is 0 Å². The zero-order valence-corrected chi connectivity index (χ0v) is 16.2. The molecule has 4 aliphatic rings. The summed E-state index contributed by atoms with van der Waals surface area (Å²) in [6, 6.07) is 6.59. The Hall–Kier alpha value is -1.35. The zero-order chi connectivity index (χ0) is 18.3. The zero-order valence-electron chi connectivity index (χ0n) is 16.2. The summed E-state index contributed by atoms with van der Waals surface area (Å²) in [7, 11) is 1.73. The predicted molar refractivity (Wildman–Crippen MR) is 100 cm³/mol. The van der Waals surface area contributed by atoms with Crippen LogP contribution in [0.2, 0.25) is 0 Å². The van der Waals surface area contributed by atoms with E-state index in [1.807, 2.05) is 6.92 Å². The second kappa shape index (κ2) is 5.13. The number of carbonyl (C=O) groups is 1. The molecular weight excluding hydrogens is 324 g/mol. The van der Waals surface area contributed by atoms with Gasteiger partial charge < -0.3 is 9.84 Å². The van der Waals surface area contributed by atoms with Crippen molar-refractivity contribution in [2.45, 2.75) is 70.3 Å². The number of ether oxygens (including phenoxy) is 1. The minimum atomic E-state index is -0.807. The molecule has 3 heteroatoms. The van der Waals surface area contributed by atoms with E-state index in [2.05, 4.69) is 25.1 Å². The average molecular weight is 354 g/mol. The lowest BCUT2D eigenvalue weighted by molar-refractivity contribution is -0.138. The predicted octanol–water partition coefficient (Wildman–Crippen LogP) is 4.26. The topological polar surface area (TPSA) is 46.5 Å². The van der Waals surface area contributed by atoms with E-state index in [0.717, 1.165) is 44.3 Å². The first-order valence-corrected chi connectivity index (χ1v) is 10.3. The second-order valence-corrected chi connectivity index (χ2v) is 9.82. The van der Waals surface area contributed by atoms with E-state index in [0.29, 0.717) is 17.6 Å². The number of fused-ring (bicyclic) bond motifs is 4. The monoisotopic (exact) mass is 354 g/mol. The molecule has 140 valence electrons. The van der Waals surface area contributed by atoms with Crippen molar-refractivity contribution in [1.29, 1.82) is 0 Å². The molecule has 0 aromatic heterocycles. The van der Waals surface area contributed by atoms with Gasteiger partial charge in [-0.15, -0.1) is 0 Å². The lowest BCUT2D eigenvalue weighted by Gasteiger charge is -2.58. The number of Topliss-reactive ketones (excluding diaryl/α,β-unsaturated/α-hetero) is 1. The minimum Gasteiger partial charge on any atom is -0.497 e. The van der Waals surface area contributed by atoms with E-state index in [-0.39, 0.29) is 16.7 Å². The number of carbonyl (C=O) groups excluding carboxylic acids is 1. The smallest absolute Gasteiger partial charge is 0.145 e. The highest BCUT2D eigenvalue weighted by Crippen LogP contribution is 2.73. The Balaban J connectivity index is 1.59.